The van der Waals surface area contributed by atoms with E-state index in [9.17, 15) is 0 Å². The molecule has 0 bridgehead atoms. The van der Waals surface area contributed by atoms with Crippen LogP contribution in [-0.4, -0.2) is 0 Å². The highest BCUT2D eigenvalue weighted by atomic mass is 16.3. The number of nitrogens with zero attached hydrogens (tertiary/aromatic N) is 1. The zero-order valence-corrected chi connectivity index (χ0v) is 35.5. The molecule has 1 aliphatic rings. The molecule has 60 heavy (non-hydrogen) atoms. The van der Waals surface area contributed by atoms with Gasteiger partial charge in [0.2, 0.25) is 0 Å². The van der Waals surface area contributed by atoms with Crippen molar-refractivity contribution in [3.63, 3.8) is 0 Å². The second-order valence-electron chi connectivity index (χ2n) is 18.6. The Kier molecular flexibility index (Phi) is 9.14. The summed E-state index contributed by atoms with van der Waals surface area (Å²) in [4.78, 5) is 2.44. The molecule has 8 aromatic carbocycles. The van der Waals surface area contributed by atoms with E-state index in [1.54, 1.807) is 0 Å². The van der Waals surface area contributed by atoms with Crippen molar-refractivity contribution in [3.8, 4) is 22.3 Å². The number of furan rings is 1. The van der Waals surface area contributed by atoms with Gasteiger partial charge in [-0.25, -0.2) is 0 Å². The monoisotopic (exact) mass is 777 g/mol. The van der Waals surface area contributed by atoms with Gasteiger partial charge in [-0.2, -0.15) is 0 Å². The minimum absolute atomic E-state index is 0.0317. The Morgan fingerprint density at radius 3 is 1.93 bits per heavy atom. The maximum atomic E-state index is 6.48. The molecule has 0 aliphatic heterocycles. The zero-order valence-electron chi connectivity index (χ0n) is 35.5. The maximum absolute atomic E-state index is 6.48. The topological polar surface area (TPSA) is 16.4 Å². The molecule has 1 atom stereocenters. The van der Waals surface area contributed by atoms with Crippen LogP contribution in [0, 0.1) is 0 Å². The first-order valence-corrected chi connectivity index (χ1v) is 21.4. The highest BCUT2D eigenvalue weighted by molar-refractivity contribution is 6.09. The Bertz CT molecular complexity index is 3060. The largest absolute Gasteiger partial charge is 0.455 e. The summed E-state index contributed by atoms with van der Waals surface area (Å²) in [6.45, 7) is 14.0. The number of allylic oxidation sites excluding steroid dienone is 1. The molecule has 1 aliphatic carbocycles. The molecule has 9 aromatic rings. The SMILES string of the molecule is CC(C)(C)c1cc(C2CC=Cc3cccc(-c4ccccc4N(c4ccc(-c5cccc6c5oc5ccccc56)cc4)c4ccc5ccccc5c4)c32)cc(C(C)(C)C)c1. The standard InChI is InChI=1S/C58H51NO/c1-57(2,3)43-34-42(35-44(37-43)58(4,5)6)47-22-13-18-40-19-14-24-51(55(40)47)49-20-9-11-26-53(49)59(46-33-28-38-16-7-8-17-41(38)36-46)45-31-29-39(30-32-45)48-23-15-25-52-50-21-10-12-27-54(50)60-56(48)52/h7-21,23-37,47H,22H2,1-6H3. The Balaban J connectivity index is 1.14. The van der Waals surface area contributed by atoms with Gasteiger partial charge in [-0.3, -0.25) is 0 Å². The first kappa shape index (κ1) is 37.6. The first-order chi connectivity index (χ1) is 29.0. The highest BCUT2D eigenvalue weighted by Crippen LogP contribution is 2.48. The molecule has 0 amide bonds. The van der Waals surface area contributed by atoms with Crippen LogP contribution in [0.15, 0.2) is 180 Å². The van der Waals surface area contributed by atoms with Gasteiger partial charge in [0.15, 0.2) is 0 Å². The molecule has 1 unspecified atom stereocenters. The Hall–Kier alpha value is -6.64. The van der Waals surface area contributed by atoms with Gasteiger partial charge in [-0.1, -0.05) is 187 Å². The summed E-state index contributed by atoms with van der Waals surface area (Å²) in [6.07, 6.45) is 5.66. The van der Waals surface area contributed by atoms with Crippen molar-refractivity contribution < 1.29 is 4.42 Å². The smallest absolute Gasteiger partial charge is 0.143 e. The fraction of sp³-hybridized carbons (Fsp3) is 0.172. The van der Waals surface area contributed by atoms with Gasteiger partial charge in [-0.15, -0.1) is 0 Å². The van der Waals surface area contributed by atoms with Crippen LogP contribution in [0.3, 0.4) is 0 Å². The number of hydrogen-bond acceptors (Lipinski definition) is 2. The quantitative estimate of drug-likeness (QED) is 0.167. The highest BCUT2D eigenvalue weighted by Gasteiger charge is 2.29. The molecule has 1 aromatic heterocycles. The number of fused-ring (bicyclic) bond motifs is 5. The van der Waals surface area contributed by atoms with Crippen LogP contribution in [0.5, 0.6) is 0 Å². The molecule has 1 heterocycles. The Labute approximate surface area is 354 Å². The van der Waals surface area contributed by atoms with E-state index in [0.717, 1.165) is 56.5 Å². The summed E-state index contributed by atoms with van der Waals surface area (Å²) in [5, 5.41) is 4.71. The third-order valence-electron chi connectivity index (χ3n) is 12.5. The fourth-order valence-corrected chi connectivity index (χ4v) is 9.23. The lowest BCUT2D eigenvalue weighted by molar-refractivity contribution is 0.565. The molecule has 0 N–H and O–H groups in total. The van der Waals surface area contributed by atoms with E-state index in [4.69, 9.17) is 4.42 Å². The third kappa shape index (κ3) is 6.71. The number of benzene rings is 8. The van der Waals surface area contributed by atoms with Gasteiger partial charge in [-0.05, 0) is 103 Å². The van der Waals surface area contributed by atoms with E-state index in [-0.39, 0.29) is 16.7 Å². The number of para-hydroxylation sites is 3. The van der Waals surface area contributed by atoms with Crippen LogP contribution in [0.1, 0.15) is 81.7 Å². The minimum atomic E-state index is 0.0317. The summed E-state index contributed by atoms with van der Waals surface area (Å²) in [6, 6.07) is 62.5. The van der Waals surface area contributed by atoms with E-state index >= 15 is 0 Å². The molecule has 2 nitrogen and oxygen atoms in total. The van der Waals surface area contributed by atoms with Crippen LogP contribution in [0.2, 0.25) is 0 Å². The van der Waals surface area contributed by atoms with Crippen LogP contribution < -0.4 is 4.90 Å². The van der Waals surface area contributed by atoms with Crippen LogP contribution >= 0.6 is 0 Å². The second kappa shape index (κ2) is 14.6. The molecular formula is C58H51NO. The van der Waals surface area contributed by atoms with Crippen molar-refractivity contribution in [2.75, 3.05) is 4.90 Å². The van der Waals surface area contributed by atoms with Crippen LogP contribution in [0.25, 0.3) is 61.0 Å². The molecule has 0 spiro atoms. The molecule has 294 valence electrons. The van der Waals surface area contributed by atoms with Crippen molar-refractivity contribution in [3.05, 3.63) is 204 Å². The van der Waals surface area contributed by atoms with E-state index in [2.05, 4.69) is 222 Å². The average molecular weight is 778 g/mol. The number of hydrogen-bond donors (Lipinski definition) is 0. The summed E-state index contributed by atoms with van der Waals surface area (Å²) >= 11 is 0. The van der Waals surface area contributed by atoms with E-state index < -0.39 is 0 Å². The number of rotatable bonds is 6. The predicted octanol–water partition coefficient (Wildman–Crippen LogP) is 16.7. The lowest BCUT2D eigenvalue weighted by atomic mass is 9.74. The molecule has 0 fully saturated rings. The molecule has 2 heteroatoms. The van der Waals surface area contributed by atoms with Crippen molar-refractivity contribution in [2.24, 2.45) is 0 Å². The zero-order chi connectivity index (χ0) is 41.2. The van der Waals surface area contributed by atoms with Crippen molar-refractivity contribution in [1.82, 2.24) is 0 Å². The second-order valence-corrected chi connectivity index (χ2v) is 18.6. The lowest BCUT2D eigenvalue weighted by Crippen LogP contribution is -2.18. The van der Waals surface area contributed by atoms with Gasteiger partial charge in [0.05, 0.1) is 5.69 Å². The van der Waals surface area contributed by atoms with Crippen molar-refractivity contribution in [2.45, 2.75) is 64.7 Å². The van der Waals surface area contributed by atoms with E-state index in [1.807, 2.05) is 6.07 Å². The number of anilines is 3. The molecule has 0 saturated carbocycles. The molecular weight excluding hydrogens is 727 g/mol. The molecule has 0 saturated heterocycles. The van der Waals surface area contributed by atoms with Gasteiger partial charge >= 0.3 is 0 Å². The third-order valence-corrected chi connectivity index (χ3v) is 12.5. The minimum Gasteiger partial charge on any atom is -0.455 e. The average Bonchev–Trinajstić information content (AvgIpc) is 3.65. The van der Waals surface area contributed by atoms with Crippen molar-refractivity contribution >= 4 is 55.8 Å². The summed E-state index contributed by atoms with van der Waals surface area (Å²) < 4.78 is 6.48. The fourth-order valence-electron chi connectivity index (χ4n) is 9.23. The van der Waals surface area contributed by atoms with Gasteiger partial charge < -0.3 is 9.32 Å². The summed E-state index contributed by atoms with van der Waals surface area (Å²) in [5.74, 6) is 0.215. The normalized spacial score (nSPS) is 14.2. The Morgan fingerprint density at radius 2 is 1.15 bits per heavy atom. The van der Waals surface area contributed by atoms with Gasteiger partial charge in [0.25, 0.3) is 0 Å². The summed E-state index contributed by atoms with van der Waals surface area (Å²) in [7, 11) is 0. The Morgan fingerprint density at radius 1 is 0.517 bits per heavy atom. The predicted molar refractivity (Wildman–Crippen MR) is 256 cm³/mol. The van der Waals surface area contributed by atoms with Gasteiger partial charge in [0.1, 0.15) is 11.2 Å². The van der Waals surface area contributed by atoms with Crippen LogP contribution in [-0.2, 0) is 10.8 Å². The maximum Gasteiger partial charge on any atom is 0.143 e. The summed E-state index contributed by atoms with van der Waals surface area (Å²) in [5.41, 5.74) is 16.8. The first-order valence-electron chi connectivity index (χ1n) is 21.4. The van der Waals surface area contributed by atoms with E-state index in [0.29, 0.717) is 0 Å². The van der Waals surface area contributed by atoms with Gasteiger partial charge in [0, 0.05) is 39.2 Å². The lowest BCUT2D eigenvalue weighted by Gasteiger charge is -2.32. The van der Waals surface area contributed by atoms with E-state index in [1.165, 1.54) is 49.7 Å². The molecule has 0 radical (unpaired) electrons. The van der Waals surface area contributed by atoms with Crippen LogP contribution in [0.4, 0.5) is 17.1 Å². The van der Waals surface area contributed by atoms with Crippen molar-refractivity contribution in [1.29, 1.82) is 0 Å². The molecule has 10 rings (SSSR count).